The van der Waals surface area contributed by atoms with Crippen molar-refractivity contribution in [2.75, 3.05) is 31.6 Å². The van der Waals surface area contributed by atoms with Gasteiger partial charge in [0.2, 0.25) is 5.91 Å². The van der Waals surface area contributed by atoms with Crippen LogP contribution in [0.2, 0.25) is 0 Å². The summed E-state index contributed by atoms with van der Waals surface area (Å²) in [5, 5.41) is 5.80. The first-order valence-corrected chi connectivity index (χ1v) is 12.6. The Hall–Kier alpha value is -3.39. The van der Waals surface area contributed by atoms with E-state index >= 15 is 0 Å². The topological polar surface area (TPSA) is 88.0 Å². The van der Waals surface area contributed by atoms with Crippen molar-refractivity contribution < 1.29 is 14.3 Å². The van der Waals surface area contributed by atoms with Crippen LogP contribution in [0.25, 0.3) is 5.65 Å². The molecule has 3 amide bonds. The monoisotopic (exact) mass is 475 g/mol. The molecule has 2 aromatic heterocycles. The maximum Gasteiger partial charge on any atom is 0.319 e. The number of anilines is 1. The number of urea groups is 1. The minimum Gasteiger partial charge on any atom is -0.381 e. The van der Waals surface area contributed by atoms with Gasteiger partial charge < -0.3 is 24.7 Å². The van der Waals surface area contributed by atoms with E-state index in [-0.39, 0.29) is 6.03 Å². The van der Waals surface area contributed by atoms with Gasteiger partial charge in [-0.25, -0.2) is 9.78 Å². The van der Waals surface area contributed by atoms with Gasteiger partial charge in [0.05, 0.1) is 0 Å². The lowest BCUT2D eigenvalue weighted by Gasteiger charge is -2.33. The molecule has 0 unspecified atom stereocenters. The summed E-state index contributed by atoms with van der Waals surface area (Å²) in [5.74, 6) is 1.22. The molecule has 0 aliphatic carbocycles. The first kappa shape index (κ1) is 23.4. The van der Waals surface area contributed by atoms with Crippen LogP contribution in [0, 0.1) is 5.92 Å². The third-order valence-electron chi connectivity index (χ3n) is 7.21. The number of piperidine rings is 1. The Labute approximate surface area is 205 Å². The van der Waals surface area contributed by atoms with Crippen molar-refractivity contribution in [1.29, 1.82) is 0 Å². The highest BCUT2D eigenvalue weighted by atomic mass is 16.5. The number of hydrogen-bond acceptors (Lipinski definition) is 4. The zero-order valence-electron chi connectivity index (χ0n) is 20.0. The summed E-state index contributed by atoms with van der Waals surface area (Å²) in [6.07, 6.45) is 10.2. The normalized spacial score (nSPS) is 17.4. The predicted molar refractivity (Wildman–Crippen MR) is 134 cm³/mol. The fourth-order valence-electron chi connectivity index (χ4n) is 5.05. The van der Waals surface area contributed by atoms with Crippen molar-refractivity contribution in [3.63, 3.8) is 0 Å². The fraction of sp³-hybridized carbons (Fsp3) is 0.444. The van der Waals surface area contributed by atoms with Crippen LogP contribution in [-0.4, -0.2) is 52.5 Å². The molecule has 0 atom stereocenters. The molecule has 2 aliphatic rings. The molecule has 0 spiro atoms. The van der Waals surface area contributed by atoms with Gasteiger partial charge >= 0.3 is 6.03 Å². The molecule has 2 fully saturated rings. The fourth-order valence-corrected chi connectivity index (χ4v) is 5.05. The van der Waals surface area contributed by atoms with E-state index < -0.39 is 0 Å². The standard InChI is InChI=1S/C27H33N5O3/c33-26(18-20-8-15-35-16-9-20)32-12-6-23(7-13-32)22-1-3-24(4-2-22)30-27(34)29-19-21-5-11-31-14-10-28-25(31)17-21/h1-5,10-11,14,17,20,23H,6-9,12-13,15-16,18-19H2,(H2,29,30,34). The van der Waals surface area contributed by atoms with Gasteiger partial charge in [0.15, 0.2) is 0 Å². The van der Waals surface area contributed by atoms with E-state index in [1.54, 1.807) is 6.20 Å². The first-order valence-electron chi connectivity index (χ1n) is 12.6. The van der Waals surface area contributed by atoms with Crippen LogP contribution in [0.15, 0.2) is 55.0 Å². The van der Waals surface area contributed by atoms with Crippen LogP contribution in [-0.2, 0) is 16.1 Å². The molecule has 2 N–H and O–H groups in total. The molecule has 8 heteroatoms. The highest BCUT2D eigenvalue weighted by Gasteiger charge is 2.26. The summed E-state index contributed by atoms with van der Waals surface area (Å²) >= 11 is 0. The minimum atomic E-state index is -0.239. The molecule has 8 nitrogen and oxygen atoms in total. The number of rotatable bonds is 6. The minimum absolute atomic E-state index is 0.239. The summed E-state index contributed by atoms with van der Waals surface area (Å²) in [7, 11) is 0. The van der Waals surface area contributed by atoms with Gasteiger partial charge in [0.25, 0.3) is 0 Å². The lowest BCUT2D eigenvalue weighted by atomic mass is 9.88. The molecule has 4 heterocycles. The number of pyridine rings is 1. The maximum atomic E-state index is 12.7. The molecule has 35 heavy (non-hydrogen) atoms. The molecule has 0 saturated carbocycles. The number of aromatic nitrogens is 2. The Morgan fingerprint density at radius 3 is 2.54 bits per heavy atom. The number of hydrogen-bond donors (Lipinski definition) is 2. The van der Waals surface area contributed by atoms with E-state index in [0.29, 0.717) is 30.7 Å². The Morgan fingerprint density at radius 1 is 1.00 bits per heavy atom. The van der Waals surface area contributed by atoms with Crippen LogP contribution in [0.1, 0.15) is 49.1 Å². The lowest BCUT2D eigenvalue weighted by molar-refractivity contribution is -0.134. The molecular formula is C27H33N5O3. The quantitative estimate of drug-likeness (QED) is 0.560. The zero-order chi connectivity index (χ0) is 24.0. The molecule has 0 bridgehead atoms. The Morgan fingerprint density at radius 2 is 1.77 bits per heavy atom. The average Bonchev–Trinajstić information content (AvgIpc) is 3.37. The van der Waals surface area contributed by atoms with Crippen LogP contribution >= 0.6 is 0 Å². The Kier molecular flexibility index (Phi) is 7.28. The number of carbonyl (C=O) groups is 2. The summed E-state index contributed by atoms with van der Waals surface area (Å²) in [5.41, 5.74) is 3.88. The number of fused-ring (bicyclic) bond motifs is 1. The smallest absolute Gasteiger partial charge is 0.319 e. The second kappa shape index (κ2) is 10.9. The number of likely N-dealkylation sites (tertiary alicyclic amines) is 1. The van der Waals surface area contributed by atoms with E-state index in [2.05, 4.69) is 27.8 Å². The van der Waals surface area contributed by atoms with E-state index in [1.165, 1.54) is 5.56 Å². The lowest BCUT2D eigenvalue weighted by Crippen LogP contribution is -2.39. The van der Waals surface area contributed by atoms with Gasteiger partial charge in [-0.1, -0.05) is 12.1 Å². The van der Waals surface area contributed by atoms with Gasteiger partial charge in [-0.2, -0.15) is 0 Å². The molecule has 5 rings (SSSR count). The number of amides is 3. The zero-order valence-corrected chi connectivity index (χ0v) is 20.0. The molecule has 0 radical (unpaired) electrons. The maximum absolute atomic E-state index is 12.7. The van der Waals surface area contributed by atoms with Crippen LogP contribution in [0.3, 0.4) is 0 Å². The Balaban J connectivity index is 1.06. The van der Waals surface area contributed by atoms with Crippen LogP contribution in [0.4, 0.5) is 10.5 Å². The van der Waals surface area contributed by atoms with Gasteiger partial charge in [-0.05, 0) is 72.9 Å². The summed E-state index contributed by atoms with van der Waals surface area (Å²) in [6, 6.07) is 11.8. The number of ether oxygens (including phenoxy) is 1. The largest absolute Gasteiger partial charge is 0.381 e. The SMILES string of the molecule is O=C(NCc1ccn2ccnc2c1)Nc1ccc(C2CCN(C(=O)CC3CCOCC3)CC2)cc1. The summed E-state index contributed by atoms with van der Waals surface area (Å²) < 4.78 is 7.34. The molecule has 2 saturated heterocycles. The van der Waals surface area contributed by atoms with E-state index in [9.17, 15) is 9.59 Å². The van der Waals surface area contributed by atoms with Crippen LogP contribution in [0.5, 0.6) is 0 Å². The molecule has 2 aliphatic heterocycles. The van der Waals surface area contributed by atoms with E-state index in [0.717, 1.165) is 68.9 Å². The molecule has 3 aromatic rings. The van der Waals surface area contributed by atoms with Gasteiger partial charge in [-0.3, -0.25) is 4.79 Å². The third-order valence-corrected chi connectivity index (χ3v) is 7.21. The number of nitrogens with zero attached hydrogens (tertiary/aromatic N) is 3. The van der Waals surface area contributed by atoms with Crippen molar-refractivity contribution in [3.05, 3.63) is 66.1 Å². The average molecular weight is 476 g/mol. The summed E-state index contributed by atoms with van der Waals surface area (Å²) in [4.78, 5) is 31.3. The predicted octanol–water partition coefficient (Wildman–Crippen LogP) is 4.18. The second-order valence-electron chi connectivity index (χ2n) is 9.57. The molecule has 184 valence electrons. The third kappa shape index (κ3) is 6.00. The van der Waals surface area contributed by atoms with Crippen molar-refractivity contribution >= 4 is 23.3 Å². The van der Waals surface area contributed by atoms with Crippen molar-refractivity contribution in [2.24, 2.45) is 5.92 Å². The van der Waals surface area contributed by atoms with E-state index in [1.807, 2.05) is 46.0 Å². The Bertz CT molecular complexity index is 1150. The molecular weight excluding hydrogens is 442 g/mol. The van der Waals surface area contributed by atoms with Gasteiger partial charge in [0, 0.05) is 63.5 Å². The number of nitrogens with one attached hydrogen (secondary N) is 2. The van der Waals surface area contributed by atoms with Crippen molar-refractivity contribution in [2.45, 2.75) is 44.6 Å². The van der Waals surface area contributed by atoms with Gasteiger partial charge in [0.1, 0.15) is 5.65 Å². The second-order valence-corrected chi connectivity index (χ2v) is 9.57. The number of carbonyl (C=O) groups excluding carboxylic acids is 2. The first-order chi connectivity index (χ1) is 17.1. The molecule has 1 aromatic carbocycles. The van der Waals surface area contributed by atoms with Crippen LogP contribution < -0.4 is 10.6 Å². The highest BCUT2D eigenvalue weighted by molar-refractivity contribution is 5.89. The van der Waals surface area contributed by atoms with Gasteiger partial charge in [-0.15, -0.1) is 0 Å². The van der Waals surface area contributed by atoms with E-state index in [4.69, 9.17) is 4.74 Å². The number of benzene rings is 1. The van der Waals surface area contributed by atoms with Crippen molar-refractivity contribution in [3.8, 4) is 0 Å². The summed E-state index contributed by atoms with van der Waals surface area (Å²) in [6.45, 7) is 3.64. The number of imidazole rings is 1. The highest BCUT2D eigenvalue weighted by Crippen LogP contribution is 2.30. The van der Waals surface area contributed by atoms with Crippen molar-refractivity contribution in [1.82, 2.24) is 19.6 Å².